The molecule has 0 aliphatic carbocycles. The minimum atomic E-state index is -0.985. The molecule has 0 aromatic heterocycles. The van der Waals surface area contributed by atoms with Crippen LogP contribution in [0.3, 0.4) is 0 Å². The summed E-state index contributed by atoms with van der Waals surface area (Å²) in [6, 6.07) is 9.01. The molecule has 2 atom stereocenters. The standard InChI is InChI=1S/C16H23NO3/c1-4-12(13-8-6-5-7-9-13)10-14(18)17-15(11(2)3)16(19)20/h5-9,11-12,15H,4,10H2,1-3H3,(H,17,18)(H,19,20)/t12?,15-/m0/s1. The molecule has 0 saturated carbocycles. The van der Waals surface area contributed by atoms with Gasteiger partial charge in [-0.1, -0.05) is 51.1 Å². The highest BCUT2D eigenvalue weighted by Gasteiger charge is 2.24. The molecule has 1 amide bonds. The average molecular weight is 277 g/mol. The molecule has 0 saturated heterocycles. The predicted molar refractivity (Wildman–Crippen MR) is 78.5 cm³/mol. The Morgan fingerprint density at radius 3 is 2.25 bits per heavy atom. The molecule has 110 valence electrons. The zero-order valence-corrected chi connectivity index (χ0v) is 12.3. The van der Waals surface area contributed by atoms with Crippen LogP contribution < -0.4 is 5.32 Å². The van der Waals surface area contributed by atoms with Crippen molar-refractivity contribution in [2.45, 2.75) is 45.6 Å². The van der Waals surface area contributed by atoms with E-state index in [1.165, 1.54) is 0 Å². The molecule has 0 spiro atoms. The lowest BCUT2D eigenvalue weighted by Crippen LogP contribution is -2.44. The molecular formula is C16H23NO3. The summed E-state index contributed by atoms with van der Waals surface area (Å²) in [6.45, 7) is 5.60. The molecule has 0 radical (unpaired) electrons. The number of hydrogen-bond donors (Lipinski definition) is 2. The minimum Gasteiger partial charge on any atom is -0.480 e. The van der Waals surface area contributed by atoms with Crippen molar-refractivity contribution in [1.29, 1.82) is 0 Å². The van der Waals surface area contributed by atoms with Gasteiger partial charge in [0.2, 0.25) is 5.91 Å². The van der Waals surface area contributed by atoms with Crippen LogP contribution in [0.25, 0.3) is 0 Å². The second-order valence-electron chi connectivity index (χ2n) is 5.35. The van der Waals surface area contributed by atoms with Gasteiger partial charge in [-0.25, -0.2) is 4.79 Å². The number of carbonyl (C=O) groups is 2. The van der Waals surface area contributed by atoms with Gasteiger partial charge in [-0.15, -0.1) is 0 Å². The van der Waals surface area contributed by atoms with Gasteiger partial charge in [0.1, 0.15) is 6.04 Å². The average Bonchev–Trinajstić information content (AvgIpc) is 2.42. The first-order valence-electron chi connectivity index (χ1n) is 7.02. The number of amides is 1. The van der Waals surface area contributed by atoms with E-state index in [1.54, 1.807) is 13.8 Å². The normalized spacial score (nSPS) is 13.8. The first-order valence-corrected chi connectivity index (χ1v) is 7.02. The molecule has 1 unspecified atom stereocenters. The van der Waals surface area contributed by atoms with Crippen molar-refractivity contribution in [2.24, 2.45) is 5.92 Å². The summed E-state index contributed by atoms with van der Waals surface area (Å²) in [5, 5.41) is 11.7. The summed E-state index contributed by atoms with van der Waals surface area (Å²) in [5.74, 6) is -1.20. The Balaban J connectivity index is 2.66. The van der Waals surface area contributed by atoms with Crippen LogP contribution in [0.5, 0.6) is 0 Å². The quantitative estimate of drug-likeness (QED) is 0.805. The maximum atomic E-state index is 12.0. The SMILES string of the molecule is CCC(CC(=O)N[C@H](C(=O)O)C(C)C)c1ccccc1. The fraction of sp³-hybridized carbons (Fsp3) is 0.500. The van der Waals surface area contributed by atoms with Crippen LogP contribution in [0.2, 0.25) is 0 Å². The summed E-state index contributed by atoms with van der Waals surface area (Å²) < 4.78 is 0. The van der Waals surface area contributed by atoms with Crippen molar-refractivity contribution < 1.29 is 14.7 Å². The molecule has 0 aliphatic heterocycles. The van der Waals surface area contributed by atoms with Crippen LogP contribution in [-0.2, 0) is 9.59 Å². The van der Waals surface area contributed by atoms with Gasteiger partial charge in [0.25, 0.3) is 0 Å². The number of hydrogen-bond acceptors (Lipinski definition) is 2. The Labute approximate surface area is 120 Å². The number of rotatable bonds is 7. The Morgan fingerprint density at radius 1 is 1.20 bits per heavy atom. The summed E-state index contributed by atoms with van der Waals surface area (Å²) in [4.78, 5) is 23.1. The molecular weight excluding hydrogens is 254 g/mol. The molecule has 2 N–H and O–H groups in total. The van der Waals surface area contributed by atoms with Gasteiger partial charge in [0, 0.05) is 6.42 Å². The van der Waals surface area contributed by atoms with E-state index in [2.05, 4.69) is 5.32 Å². The lowest BCUT2D eigenvalue weighted by molar-refractivity contribution is -0.143. The van der Waals surface area contributed by atoms with E-state index in [4.69, 9.17) is 5.11 Å². The van der Waals surface area contributed by atoms with Crippen LogP contribution >= 0.6 is 0 Å². The number of carboxylic acid groups (broad SMARTS) is 1. The van der Waals surface area contributed by atoms with Gasteiger partial charge in [-0.2, -0.15) is 0 Å². The second-order valence-corrected chi connectivity index (χ2v) is 5.35. The van der Waals surface area contributed by atoms with Gasteiger partial charge >= 0.3 is 5.97 Å². The van der Waals surface area contributed by atoms with E-state index in [-0.39, 0.29) is 17.7 Å². The zero-order chi connectivity index (χ0) is 15.1. The van der Waals surface area contributed by atoms with Crippen LogP contribution in [-0.4, -0.2) is 23.0 Å². The molecule has 4 nitrogen and oxygen atoms in total. The molecule has 1 aromatic carbocycles. The minimum absolute atomic E-state index is 0.123. The maximum absolute atomic E-state index is 12.0. The third-order valence-corrected chi connectivity index (χ3v) is 3.44. The number of nitrogens with one attached hydrogen (secondary N) is 1. The van der Waals surface area contributed by atoms with Gasteiger partial charge in [0.05, 0.1) is 0 Å². The molecule has 0 heterocycles. The Kier molecular flexibility index (Phi) is 6.22. The van der Waals surface area contributed by atoms with Gasteiger partial charge in [-0.3, -0.25) is 4.79 Å². The van der Waals surface area contributed by atoms with Crippen molar-refractivity contribution in [3.8, 4) is 0 Å². The highest BCUT2D eigenvalue weighted by Crippen LogP contribution is 2.22. The topological polar surface area (TPSA) is 66.4 Å². The van der Waals surface area contributed by atoms with Crippen molar-refractivity contribution in [3.63, 3.8) is 0 Å². The van der Waals surface area contributed by atoms with E-state index in [9.17, 15) is 9.59 Å². The fourth-order valence-corrected chi connectivity index (χ4v) is 2.19. The highest BCUT2D eigenvalue weighted by molar-refractivity contribution is 5.84. The smallest absolute Gasteiger partial charge is 0.326 e. The van der Waals surface area contributed by atoms with Crippen LogP contribution in [0.15, 0.2) is 30.3 Å². The summed E-state index contributed by atoms with van der Waals surface area (Å²) >= 11 is 0. The van der Waals surface area contributed by atoms with Gasteiger partial charge in [0.15, 0.2) is 0 Å². The van der Waals surface area contributed by atoms with E-state index in [1.807, 2.05) is 37.3 Å². The summed E-state index contributed by atoms with van der Waals surface area (Å²) in [7, 11) is 0. The number of benzene rings is 1. The number of aliphatic carboxylic acids is 1. The molecule has 1 aromatic rings. The van der Waals surface area contributed by atoms with E-state index in [0.717, 1.165) is 12.0 Å². The third kappa shape index (κ3) is 4.68. The second kappa shape index (κ2) is 7.68. The first kappa shape index (κ1) is 16.2. The molecule has 0 fully saturated rings. The Hall–Kier alpha value is -1.84. The zero-order valence-electron chi connectivity index (χ0n) is 12.3. The summed E-state index contributed by atoms with van der Waals surface area (Å²) in [5.41, 5.74) is 1.11. The lowest BCUT2D eigenvalue weighted by atomic mass is 9.92. The van der Waals surface area contributed by atoms with Gasteiger partial charge < -0.3 is 10.4 Å². The molecule has 0 aliphatic rings. The van der Waals surface area contributed by atoms with Crippen molar-refractivity contribution >= 4 is 11.9 Å². The number of carboxylic acids is 1. The van der Waals surface area contributed by atoms with E-state index in [0.29, 0.717) is 6.42 Å². The molecule has 1 rings (SSSR count). The van der Waals surface area contributed by atoms with E-state index < -0.39 is 12.0 Å². The van der Waals surface area contributed by atoms with Crippen molar-refractivity contribution in [3.05, 3.63) is 35.9 Å². The summed E-state index contributed by atoms with van der Waals surface area (Å²) in [6.07, 6.45) is 1.16. The Bertz CT molecular complexity index is 442. The molecule has 4 heteroatoms. The predicted octanol–water partition coefficient (Wildman–Crippen LogP) is 2.80. The van der Waals surface area contributed by atoms with Crippen molar-refractivity contribution in [2.75, 3.05) is 0 Å². The van der Waals surface area contributed by atoms with Crippen molar-refractivity contribution in [1.82, 2.24) is 5.32 Å². The van der Waals surface area contributed by atoms with E-state index >= 15 is 0 Å². The van der Waals surface area contributed by atoms with Crippen LogP contribution in [0.4, 0.5) is 0 Å². The number of carbonyl (C=O) groups excluding carboxylic acids is 1. The largest absolute Gasteiger partial charge is 0.480 e. The third-order valence-electron chi connectivity index (χ3n) is 3.44. The highest BCUT2D eigenvalue weighted by atomic mass is 16.4. The molecule has 20 heavy (non-hydrogen) atoms. The van der Waals surface area contributed by atoms with Crippen LogP contribution in [0.1, 0.15) is 45.1 Å². The maximum Gasteiger partial charge on any atom is 0.326 e. The molecule has 0 bridgehead atoms. The van der Waals surface area contributed by atoms with Crippen LogP contribution in [0, 0.1) is 5.92 Å². The first-order chi connectivity index (χ1) is 9.45. The van der Waals surface area contributed by atoms with Gasteiger partial charge in [-0.05, 0) is 23.8 Å². The monoisotopic (exact) mass is 277 g/mol. The fourth-order valence-electron chi connectivity index (χ4n) is 2.19. The lowest BCUT2D eigenvalue weighted by Gasteiger charge is -2.20. The Morgan fingerprint density at radius 2 is 1.80 bits per heavy atom.